The van der Waals surface area contributed by atoms with Crippen molar-refractivity contribution in [1.29, 1.82) is 0 Å². The van der Waals surface area contributed by atoms with Crippen molar-refractivity contribution in [3.63, 3.8) is 0 Å². The highest BCUT2D eigenvalue weighted by Gasteiger charge is 2.16. The van der Waals surface area contributed by atoms with Crippen LogP contribution in [0.5, 0.6) is 5.75 Å². The maximum absolute atomic E-state index is 12.3. The first-order valence-corrected chi connectivity index (χ1v) is 8.12. The Kier molecular flexibility index (Phi) is 6.04. The number of ether oxygens (including phenoxy) is 2. The van der Waals surface area contributed by atoms with Crippen LogP contribution in [0.25, 0.3) is 0 Å². The Bertz CT molecular complexity index is 764. The van der Waals surface area contributed by atoms with Gasteiger partial charge >= 0.3 is 5.97 Å². The Morgan fingerprint density at radius 2 is 1.64 bits per heavy atom. The van der Waals surface area contributed by atoms with E-state index in [9.17, 15) is 9.59 Å². The summed E-state index contributed by atoms with van der Waals surface area (Å²) in [4.78, 5) is 23.7. The van der Waals surface area contributed by atoms with Crippen molar-refractivity contribution in [3.05, 3.63) is 58.1 Å². The fourth-order valence-corrected chi connectivity index (χ4v) is 2.39. The molecular formula is C19H20ClNO4. The highest BCUT2D eigenvalue weighted by atomic mass is 35.5. The lowest BCUT2D eigenvalue weighted by atomic mass is 10.1. The van der Waals surface area contributed by atoms with Crippen LogP contribution in [-0.2, 0) is 9.53 Å². The minimum Gasteiger partial charge on any atom is -0.481 e. The number of carbonyl (C=O) groups excluding carboxylic acids is 2. The van der Waals surface area contributed by atoms with Gasteiger partial charge in [-0.3, -0.25) is 4.79 Å². The number of rotatable bonds is 5. The Balaban J connectivity index is 2.02. The van der Waals surface area contributed by atoms with E-state index in [4.69, 9.17) is 16.3 Å². The van der Waals surface area contributed by atoms with Gasteiger partial charge in [-0.15, -0.1) is 0 Å². The Hall–Kier alpha value is -2.53. The molecule has 5 nitrogen and oxygen atoms in total. The van der Waals surface area contributed by atoms with Crippen LogP contribution in [-0.4, -0.2) is 25.1 Å². The number of anilines is 1. The number of carbonyl (C=O) groups is 2. The summed E-state index contributed by atoms with van der Waals surface area (Å²) in [7, 11) is 1.32. The molecule has 0 saturated carbocycles. The first kappa shape index (κ1) is 18.8. The average Bonchev–Trinajstić information content (AvgIpc) is 2.59. The van der Waals surface area contributed by atoms with Gasteiger partial charge in [-0.25, -0.2) is 4.79 Å². The third-order valence-electron chi connectivity index (χ3n) is 3.67. The van der Waals surface area contributed by atoms with Crippen LogP contribution in [0.1, 0.15) is 28.4 Å². The maximum Gasteiger partial charge on any atom is 0.337 e. The van der Waals surface area contributed by atoms with Gasteiger partial charge < -0.3 is 14.8 Å². The summed E-state index contributed by atoms with van der Waals surface area (Å²) >= 11 is 6.13. The predicted molar refractivity (Wildman–Crippen MR) is 97.4 cm³/mol. The number of aryl methyl sites for hydroxylation is 2. The number of amides is 1. The molecule has 1 N–H and O–H groups in total. The van der Waals surface area contributed by atoms with E-state index in [1.807, 2.05) is 13.8 Å². The van der Waals surface area contributed by atoms with E-state index in [1.165, 1.54) is 7.11 Å². The summed E-state index contributed by atoms with van der Waals surface area (Å²) in [6.45, 7) is 5.43. The third kappa shape index (κ3) is 4.73. The van der Waals surface area contributed by atoms with Crippen LogP contribution in [0, 0.1) is 13.8 Å². The van der Waals surface area contributed by atoms with E-state index >= 15 is 0 Å². The molecule has 2 rings (SSSR count). The molecule has 1 amide bonds. The third-order valence-corrected chi connectivity index (χ3v) is 4.26. The highest BCUT2D eigenvalue weighted by Crippen LogP contribution is 2.26. The van der Waals surface area contributed by atoms with Crippen molar-refractivity contribution in [3.8, 4) is 5.75 Å². The van der Waals surface area contributed by atoms with Crippen LogP contribution in [0.3, 0.4) is 0 Å². The van der Waals surface area contributed by atoms with Crippen LogP contribution < -0.4 is 10.1 Å². The Morgan fingerprint density at radius 3 is 2.16 bits per heavy atom. The van der Waals surface area contributed by atoms with E-state index in [0.717, 1.165) is 11.1 Å². The largest absolute Gasteiger partial charge is 0.481 e. The van der Waals surface area contributed by atoms with Crippen molar-refractivity contribution in [2.45, 2.75) is 26.9 Å². The molecule has 25 heavy (non-hydrogen) atoms. The van der Waals surface area contributed by atoms with Crippen molar-refractivity contribution >= 4 is 29.2 Å². The average molecular weight is 362 g/mol. The van der Waals surface area contributed by atoms with Crippen LogP contribution >= 0.6 is 11.6 Å². The molecule has 6 heteroatoms. The fourth-order valence-electron chi connectivity index (χ4n) is 2.28. The molecule has 0 fully saturated rings. The molecule has 0 aromatic heterocycles. The van der Waals surface area contributed by atoms with E-state index in [2.05, 4.69) is 10.1 Å². The smallest absolute Gasteiger partial charge is 0.337 e. The topological polar surface area (TPSA) is 64.6 Å². The monoisotopic (exact) mass is 361 g/mol. The van der Waals surface area contributed by atoms with E-state index < -0.39 is 12.1 Å². The molecule has 1 atom stereocenters. The van der Waals surface area contributed by atoms with Crippen molar-refractivity contribution < 1.29 is 19.1 Å². The lowest BCUT2D eigenvalue weighted by molar-refractivity contribution is -0.122. The molecule has 0 saturated heterocycles. The molecule has 132 valence electrons. The van der Waals surface area contributed by atoms with E-state index in [1.54, 1.807) is 43.3 Å². The SMILES string of the molecule is COC(=O)c1ccc(NC(=O)[C@H](C)Oc2cc(C)c(Cl)c(C)c2)cc1. The molecule has 0 aliphatic rings. The molecule has 0 bridgehead atoms. The number of hydrogen-bond donors (Lipinski definition) is 1. The standard InChI is InChI=1S/C19H20ClNO4/c1-11-9-16(10-12(2)17(11)20)25-13(3)18(22)21-15-7-5-14(6-8-15)19(23)24-4/h5-10,13H,1-4H3,(H,21,22)/t13-/m0/s1. The quantitative estimate of drug-likeness (QED) is 0.812. The first-order valence-electron chi connectivity index (χ1n) is 7.74. The molecule has 2 aromatic rings. The Morgan fingerprint density at radius 1 is 1.08 bits per heavy atom. The van der Waals surface area contributed by atoms with E-state index in [0.29, 0.717) is 22.0 Å². The maximum atomic E-state index is 12.3. The van der Waals surface area contributed by atoms with Crippen LogP contribution in [0.15, 0.2) is 36.4 Å². The molecule has 0 spiro atoms. The molecule has 2 aromatic carbocycles. The molecule has 0 radical (unpaired) electrons. The van der Waals surface area contributed by atoms with Gasteiger partial charge in [0.05, 0.1) is 12.7 Å². The summed E-state index contributed by atoms with van der Waals surface area (Å²) in [5.41, 5.74) is 2.76. The minimum absolute atomic E-state index is 0.295. The summed E-state index contributed by atoms with van der Waals surface area (Å²) < 4.78 is 10.3. The second-order valence-electron chi connectivity index (χ2n) is 5.69. The summed E-state index contributed by atoms with van der Waals surface area (Å²) in [5, 5.41) is 3.43. The number of methoxy groups -OCH3 is 1. The van der Waals surface area contributed by atoms with Crippen LogP contribution in [0.4, 0.5) is 5.69 Å². The predicted octanol–water partition coefficient (Wildman–Crippen LogP) is 4.15. The highest BCUT2D eigenvalue weighted by molar-refractivity contribution is 6.32. The first-order chi connectivity index (χ1) is 11.8. The molecule has 0 aliphatic heterocycles. The molecule has 0 unspecified atom stereocenters. The number of esters is 1. The molecule has 0 heterocycles. The van der Waals surface area contributed by atoms with Gasteiger partial charge in [0.2, 0.25) is 0 Å². The Labute approximate surface area is 151 Å². The van der Waals surface area contributed by atoms with E-state index in [-0.39, 0.29) is 5.91 Å². The van der Waals surface area contributed by atoms with Gasteiger partial charge in [0.15, 0.2) is 6.10 Å². The van der Waals surface area contributed by atoms with Crippen LogP contribution in [0.2, 0.25) is 5.02 Å². The molecular weight excluding hydrogens is 342 g/mol. The summed E-state index contributed by atoms with van der Waals surface area (Å²) in [6, 6.07) is 10.0. The summed E-state index contributed by atoms with van der Waals surface area (Å²) in [6.07, 6.45) is -0.694. The van der Waals surface area contributed by atoms with Gasteiger partial charge in [-0.2, -0.15) is 0 Å². The van der Waals surface area contributed by atoms with Gasteiger partial charge in [0, 0.05) is 10.7 Å². The van der Waals surface area contributed by atoms with Gasteiger partial charge in [0.25, 0.3) is 5.91 Å². The van der Waals surface area contributed by atoms with Crippen molar-refractivity contribution in [2.75, 3.05) is 12.4 Å². The van der Waals surface area contributed by atoms with Gasteiger partial charge in [-0.05, 0) is 68.3 Å². The van der Waals surface area contributed by atoms with Gasteiger partial charge in [0.1, 0.15) is 5.75 Å². The zero-order valence-corrected chi connectivity index (χ0v) is 15.3. The second-order valence-corrected chi connectivity index (χ2v) is 6.07. The lowest BCUT2D eigenvalue weighted by Crippen LogP contribution is -2.30. The number of hydrogen-bond acceptors (Lipinski definition) is 4. The fraction of sp³-hybridized carbons (Fsp3) is 0.263. The van der Waals surface area contributed by atoms with Crippen molar-refractivity contribution in [2.24, 2.45) is 0 Å². The number of nitrogens with one attached hydrogen (secondary N) is 1. The second kappa shape index (κ2) is 8.03. The van der Waals surface area contributed by atoms with Gasteiger partial charge in [-0.1, -0.05) is 11.6 Å². The number of halogens is 1. The number of benzene rings is 2. The zero-order valence-electron chi connectivity index (χ0n) is 14.6. The van der Waals surface area contributed by atoms with Crippen molar-refractivity contribution in [1.82, 2.24) is 0 Å². The molecule has 0 aliphatic carbocycles. The minimum atomic E-state index is -0.694. The lowest BCUT2D eigenvalue weighted by Gasteiger charge is -2.16. The zero-order chi connectivity index (χ0) is 18.6. The normalized spacial score (nSPS) is 11.6. The summed E-state index contributed by atoms with van der Waals surface area (Å²) in [5.74, 6) is -0.137.